The Bertz CT molecular complexity index is 476. The monoisotopic (exact) mass is 348 g/mol. The predicted molar refractivity (Wildman–Crippen MR) is 105 cm³/mol. The second-order valence-corrected chi connectivity index (χ2v) is 14.6. The van der Waals surface area contributed by atoms with Crippen LogP contribution in [-0.2, 0) is 4.74 Å². The third kappa shape index (κ3) is 3.95. The lowest BCUT2D eigenvalue weighted by molar-refractivity contribution is -0.0303. The van der Waals surface area contributed by atoms with Crippen LogP contribution in [0.3, 0.4) is 0 Å². The highest BCUT2D eigenvalue weighted by molar-refractivity contribution is 6.83. The van der Waals surface area contributed by atoms with E-state index in [0.29, 0.717) is 6.10 Å². The Kier molecular flexibility index (Phi) is 6.69. The van der Waals surface area contributed by atoms with E-state index in [4.69, 9.17) is 4.74 Å². The summed E-state index contributed by atoms with van der Waals surface area (Å²) < 4.78 is 6.37. The number of aliphatic hydroxyl groups is 1. The van der Waals surface area contributed by atoms with Gasteiger partial charge >= 0.3 is 0 Å². The Balaban J connectivity index is 2.07. The van der Waals surface area contributed by atoms with Gasteiger partial charge in [-0.2, -0.15) is 0 Å². The fourth-order valence-corrected chi connectivity index (χ4v) is 11.6. The Morgan fingerprint density at radius 3 is 2.00 bits per heavy atom. The molecule has 2 nitrogen and oxygen atoms in total. The minimum atomic E-state index is -1.44. The molecule has 1 aromatic rings. The molecule has 3 heteroatoms. The summed E-state index contributed by atoms with van der Waals surface area (Å²) in [6.07, 6.45) is 1.85. The summed E-state index contributed by atoms with van der Waals surface area (Å²) in [5, 5.41) is 10.7. The van der Waals surface area contributed by atoms with Crippen LogP contribution >= 0.6 is 0 Å². The minimum absolute atomic E-state index is 0.0458. The van der Waals surface area contributed by atoms with Gasteiger partial charge in [0.05, 0.1) is 20.3 Å². The molecule has 0 bridgehead atoms. The van der Waals surface area contributed by atoms with Crippen molar-refractivity contribution in [1.29, 1.82) is 0 Å². The van der Waals surface area contributed by atoms with Crippen molar-refractivity contribution in [1.82, 2.24) is 0 Å². The van der Waals surface area contributed by atoms with Gasteiger partial charge in [0.15, 0.2) is 0 Å². The Labute approximate surface area is 149 Å². The third-order valence-corrected chi connectivity index (χ3v) is 14.1. The van der Waals surface area contributed by atoms with Gasteiger partial charge in [-0.3, -0.25) is 0 Å². The number of aliphatic hydroxyl groups excluding tert-OH is 1. The average molecular weight is 349 g/mol. The van der Waals surface area contributed by atoms with Crippen LogP contribution in [0, 0.1) is 0 Å². The number of ether oxygens (including phenoxy) is 1. The SMILES string of the molecule is CC(C)[Si](C[C@@H]1CC[C@@H](C(O)c2ccccc2)O1)(C(C)C)C(C)C. The quantitative estimate of drug-likeness (QED) is 0.617. The van der Waals surface area contributed by atoms with E-state index in [-0.39, 0.29) is 6.10 Å². The van der Waals surface area contributed by atoms with E-state index in [9.17, 15) is 5.11 Å². The van der Waals surface area contributed by atoms with E-state index in [2.05, 4.69) is 41.5 Å². The van der Waals surface area contributed by atoms with Crippen LogP contribution in [0.5, 0.6) is 0 Å². The molecule has 136 valence electrons. The van der Waals surface area contributed by atoms with Crippen LogP contribution in [0.15, 0.2) is 30.3 Å². The average Bonchev–Trinajstić information content (AvgIpc) is 3.00. The molecule has 1 aliphatic rings. The van der Waals surface area contributed by atoms with Crippen molar-refractivity contribution in [3.05, 3.63) is 35.9 Å². The highest BCUT2D eigenvalue weighted by Crippen LogP contribution is 2.47. The molecule has 0 aliphatic carbocycles. The first-order valence-electron chi connectivity index (χ1n) is 9.67. The zero-order chi connectivity index (χ0) is 17.9. The maximum atomic E-state index is 10.7. The van der Waals surface area contributed by atoms with E-state index in [1.807, 2.05) is 30.3 Å². The lowest BCUT2D eigenvalue weighted by Crippen LogP contribution is -2.47. The maximum absolute atomic E-state index is 10.7. The van der Waals surface area contributed by atoms with Crippen molar-refractivity contribution in [3.8, 4) is 0 Å². The zero-order valence-corrected chi connectivity index (χ0v) is 17.3. The van der Waals surface area contributed by atoms with E-state index in [1.165, 1.54) is 6.04 Å². The van der Waals surface area contributed by atoms with Gasteiger partial charge in [-0.05, 0) is 24.4 Å². The van der Waals surface area contributed by atoms with Crippen LogP contribution in [-0.4, -0.2) is 25.4 Å². The molecule has 1 N–H and O–H groups in total. The minimum Gasteiger partial charge on any atom is -0.386 e. The van der Waals surface area contributed by atoms with Gasteiger partial charge in [0.1, 0.15) is 6.10 Å². The second kappa shape index (κ2) is 8.16. The molecule has 1 aliphatic heterocycles. The first kappa shape index (κ1) is 19.7. The van der Waals surface area contributed by atoms with E-state index < -0.39 is 14.2 Å². The first-order chi connectivity index (χ1) is 11.3. The Hall–Kier alpha value is -0.643. The zero-order valence-electron chi connectivity index (χ0n) is 16.3. The summed E-state index contributed by atoms with van der Waals surface area (Å²) in [6.45, 7) is 14.5. The molecule has 1 unspecified atom stereocenters. The van der Waals surface area contributed by atoms with Gasteiger partial charge in [0.2, 0.25) is 0 Å². The van der Waals surface area contributed by atoms with Crippen molar-refractivity contribution in [3.63, 3.8) is 0 Å². The van der Waals surface area contributed by atoms with Gasteiger partial charge < -0.3 is 9.84 Å². The first-order valence-corrected chi connectivity index (χ1v) is 12.1. The van der Waals surface area contributed by atoms with Gasteiger partial charge in [-0.25, -0.2) is 0 Å². The molecule has 0 spiro atoms. The van der Waals surface area contributed by atoms with E-state index in [1.54, 1.807) is 0 Å². The molecule has 1 saturated heterocycles. The summed E-state index contributed by atoms with van der Waals surface area (Å²) in [7, 11) is -1.44. The van der Waals surface area contributed by atoms with Crippen LogP contribution in [0.25, 0.3) is 0 Å². The van der Waals surface area contributed by atoms with Crippen molar-refractivity contribution < 1.29 is 9.84 Å². The second-order valence-electron chi connectivity index (χ2n) is 8.51. The summed E-state index contributed by atoms with van der Waals surface area (Å²) in [4.78, 5) is 0. The van der Waals surface area contributed by atoms with E-state index in [0.717, 1.165) is 35.0 Å². The number of benzene rings is 1. The van der Waals surface area contributed by atoms with Gasteiger partial charge in [0.25, 0.3) is 0 Å². The van der Waals surface area contributed by atoms with Crippen LogP contribution in [0.2, 0.25) is 22.7 Å². The third-order valence-electron chi connectivity index (χ3n) is 6.44. The molecule has 24 heavy (non-hydrogen) atoms. The summed E-state index contributed by atoms with van der Waals surface area (Å²) in [5.41, 5.74) is 3.26. The van der Waals surface area contributed by atoms with Gasteiger partial charge in [-0.15, -0.1) is 0 Å². The highest BCUT2D eigenvalue weighted by Gasteiger charge is 2.46. The molecule has 0 saturated carbocycles. The van der Waals surface area contributed by atoms with Crippen LogP contribution in [0.4, 0.5) is 0 Å². The highest BCUT2D eigenvalue weighted by atomic mass is 28.3. The molecule has 3 atom stereocenters. The summed E-state index contributed by atoms with van der Waals surface area (Å²) >= 11 is 0. The molecule has 0 radical (unpaired) electrons. The van der Waals surface area contributed by atoms with E-state index >= 15 is 0 Å². The van der Waals surface area contributed by atoms with Crippen molar-refractivity contribution >= 4 is 8.07 Å². The topological polar surface area (TPSA) is 29.5 Å². The molecule has 0 amide bonds. The summed E-state index contributed by atoms with van der Waals surface area (Å²) in [6, 6.07) is 11.2. The predicted octanol–water partition coefficient (Wildman–Crippen LogP) is 5.95. The fourth-order valence-electron chi connectivity index (χ4n) is 5.08. The molecular formula is C21H36O2Si. The smallest absolute Gasteiger partial charge is 0.105 e. The lowest BCUT2D eigenvalue weighted by atomic mass is 10.0. The van der Waals surface area contributed by atoms with Crippen molar-refractivity contribution in [2.75, 3.05) is 0 Å². The largest absolute Gasteiger partial charge is 0.386 e. The van der Waals surface area contributed by atoms with Crippen molar-refractivity contribution in [2.45, 2.75) is 95.4 Å². The molecule has 1 fully saturated rings. The fraction of sp³-hybridized carbons (Fsp3) is 0.714. The number of rotatable bonds is 7. The normalized spacial score (nSPS) is 23.4. The molecular weight excluding hydrogens is 312 g/mol. The number of hydrogen-bond donors (Lipinski definition) is 1. The molecule has 2 rings (SSSR count). The standard InChI is InChI=1S/C21H36O2Si/c1-15(2)24(16(3)4,17(5)6)14-19-12-13-20(23-19)21(22)18-10-8-7-9-11-18/h7-11,15-17,19-22H,12-14H2,1-6H3/t19-,20-,21?/m0/s1. The Morgan fingerprint density at radius 1 is 0.958 bits per heavy atom. The molecule has 0 aromatic heterocycles. The van der Waals surface area contributed by atoms with Crippen LogP contribution < -0.4 is 0 Å². The molecule has 1 heterocycles. The Morgan fingerprint density at radius 2 is 1.50 bits per heavy atom. The lowest BCUT2D eigenvalue weighted by Gasteiger charge is -2.44. The van der Waals surface area contributed by atoms with Gasteiger partial charge in [0, 0.05) is 0 Å². The summed E-state index contributed by atoms with van der Waals surface area (Å²) in [5.74, 6) is 0. The van der Waals surface area contributed by atoms with Crippen molar-refractivity contribution in [2.24, 2.45) is 0 Å². The number of hydrogen-bond acceptors (Lipinski definition) is 2. The molecule has 1 aromatic carbocycles. The maximum Gasteiger partial charge on any atom is 0.105 e. The van der Waals surface area contributed by atoms with Crippen LogP contribution in [0.1, 0.15) is 66.1 Å². The van der Waals surface area contributed by atoms with Gasteiger partial charge in [-0.1, -0.05) is 88.5 Å².